The number of rotatable bonds is 5. The third kappa shape index (κ3) is 2.76. The van der Waals surface area contributed by atoms with E-state index >= 15 is 0 Å². The van der Waals surface area contributed by atoms with Gasteiger partial charge in [-0.1, -0.05) is 0 Å². The normalized spacial score (nSPS) is 29.5. The first kappa shape index (κ1) is 17.5. The minimum Gasteiger partial charge on any atom is -0.480 e. The van der Waals surface area contributed by atoms with Crippen LogP contribution in [-0.4, -0.2) is 79.6 Å². The number of carbonyl (C=O) groups excluding carboxylic acids is 3. The number of amides is 3. The summed E-state index contributed by atoms with van der Waals surface area (Å²) in [6.07, 6.45) is -1.64. The van der Waals surface area contributed by atoms with Crippen LogP contribution >= 0.6 is 11.8 Å². The summed E-state index contributed by atoms with van der Waals surface area (Å²) >= 11 is 1.24. The van der Waals surface area contributed by atoms with Gasteiger partial charge in [0.15, 0.2) is 0 Å². The number of primary amides is 1. The Hall–Kier alpha value is -1.81. The average Bonchev–Trinajstić information content (AvgIpc) is 2.65. The summed E-state index contributed by atoms with van der Waals surface area (Å²) in [5.74, 6) is -4.25. The molecule has 2 aliphatic rings. The first-order chi connectivity index (χ1) is 10.5. The molecule has 4 N–H and O–H groups in total. The highest BCUT2D eigenvalue weighted by Gasteiger charge is 2.66. The highest BCUT2D eigenvalue weighted by Crippen LogP contribution is 2.54. The minimum atomic E-state index is -1.64. The second kappa shape index (κ2) is 5.68. The van der Waals surface area contributed by atoms with Crippen LogP contribution < -0.4 is 5.73 Å². The fraction of sp³-hybridized carbons (Fsp3) is 0.692. The molecule has 0 radical (unpaired) electrons. The number of β-lactam (4-membered cyclic amide) rings is 1. The molecule has 128 valence electrons. The fourth-order valence-electron chi connectivity index (χ4n) is 3.02. The van der Waals surface area contributed by atoms with Crippen molar-refractivity contribution >= 4 is 35.5 Å². The van der Waals surface area contributed by atoms with Gasteiger partial charge in [-0.3, -0.25) is 14.4 Å². The fourth-order valence-corrected chi connectivity index (χ4v) is 4.74. The lowest BCUT2D eigenvalue weighted by atomic mass is 9.87. The molecule has 0 aromatic rings. The van der Waals surface area contributed by atoms with Crippen LogP contribution in [0.4, 0.5) is 0 Å². The van der Waals surface area contributed by atoms with Crippen LogP contribution in [0.1, 0.15) is 13.8 Å². The topological polar surface area (TPSA) is 141 Å². The number of thioether (sulfide) groups is 1. The monoisotopic (exact) mass is 345 g/mol. The summed E-state index contributed by atoms with van der Waals surface area (Å²) in [6, 6.07) is -1.01. The van der Waals surface area contributed by atoms with E-state index in [1.165, 1.54) is 23.7 Å². The number of likely N-dealkylation sites (N-methyl/N-ethyl adjacent to an activating group) is 1. The first-order valence-corrected chi connectivity index (χ1v) is 7.81. The van der Waals surface area contributed by atoms with E-state index in [0.29, 0.717) is 0 Å². The van der Waals surface area contributed by atoms with Crippen LogP contribution in [0.2, 0.25) is 0 Å². The average molecular weight is 345 g/mol. The molecule has 2 heterocycles. The standard InChI is InChI=1S/C13H19N3O6S/c1-13(2)8(12(21)22)16-9(19)6(11(16)23-13)7(18)10(20)15(3)4-5(14)17/h6-8,11,18H,4H2,1-3H3,(H2,14,17)(H,21,22)/t6-,7+,8+,11-/m1/s1. The lowest BCUT2D eigenvalue weighted by Crippen LogP contribution is -2.67. The quantitative estimate of drug-likeness (QED) is 0.492. The number of fused-ring (bicyclic) bond motifs is 1. The molecule has 0 bridgehead atoms. The van der Waals surface area contributed by atoms with Crippen molar-refractivity contribution in [1.29, 1.82) is 0 Å². The van der Waals surface area contributed by atoms with Crippen molar-refractivity contribution < 1.29 is 29.4 Å². The Kier molecular flexibility index (Phi) is 4.33. The number of carbonyl (C=O) groups is 4. The third-order valence-corrected chi connectivity index (χ3v) is 5.67. The van der Waals surface area contributed by atoms with Crippen LogP contribution in [-0.2, 0) is 19.2 Å². The van der Waals surface area contributed by atoms with Crippen LogP contribution in [0, 0.1) is 5.92 Å². The van der Waals surface area contributed by atoms with Gasteiger partial charge < -0.3 is 25.7 Å². The van der Waals surface area contributed by atoms with Crippen molar-refractivity contribution in [3.8, 4) is 0 Å². The summed E-state index contributed by atoms with van der Waals surface area (Å²) in [5, 5.41) is 18.9. The van der Waals surface area contributed by atoms with Crippen molar-refractivity contribution in [3.05, 3.63) is 0 Å². The number of aliphatic hydroxyl groups excluding tert-OH is 1. The van der Waals surface area contributed by atoms with Gasteiger partial charge in [0.1, 0.15) is 18.1 Å². The zero-order valence-electron chi connectivity index (χ0n) is 12.9. The van der Waals surface area contributed by atoms with Gasteiger partial charge in [-0.15, -0.1) is 11.8 Å². The lowest BCUT2D eigenvalue weighted by Gasteiger charge is -2.45. The Bertz CT molecular complexity index is 580. The van der Waals surface area contributed by atoms with E-state index in [4.69, 9.17) is 5.73 Å². The molecule has 2 fully saturated rings. The zero-order valence-corrected chi connectivity index (χ0v) is 13.7. The predicted molar refractivity (Wildman–Crippen MR) is 80.1 cm³/mol. The van der Waals surface area contributed by atoms with E-state index in [2.05, 4.69) is 0 Å². The molecule has 10 heteroatoms. The summed E-state index contributed by atoms with van der Waals surface area (Å²) in [5.41, 5.74) is 4.99. The maximum atomic E-state index is 12.3. The molecule has 0 spiro atoms. The van der Waals surface area contributed by atoms with Gasteiger partial charge in [0.05, 0.1) is 11.9 Å². The second-order valence-electron chi connectivity index (χ2n) is 6.23. The highest BCUT2D eigenvalue weighted by atomic mass is 32.2. The molecule has 2 aliphatic heterocycles. The largest absolute Gasteiger partial charge is 0.480 e. The van der Waals surface area contributed by atoms with Crippen molar-refractivity contribution in [2.24, 2.45) is 11.7 Å². The van der Waals surface area contributed by atoms with Gasteiger partial charge in [-0.2, -0.15) is 0 Å². The smallest absolute Gasteiger partial charge is 0.327 e. The number of nitrogens with zero attached hydrogens (tertiary/aromatic N) is 2. The second-order valence-corrected chi connectivity index (χ2v) is 8.00. The molecular weight excluding hydrogens is 326 g/mol. The Balaban J connectivity index is 2.15. The summed E-state index contributed by atoms with van der Waals surface area (Å²) in [4.78, 5) is 48.7. The third-order valence-electron chi connectivity index (χ3n) is 4.08. The summed E-state index contributed by atoms with van der Waals surface area (Å²) in [7, 11) is 1.29. The van der Waals surface area contributed by atoms with Gasteiger partial charge in [0.25, 0.3) is 5.91 Å². The highest BCUT2D eigenvalue weighted by molar-refractivity contribution is 8.01. The van der Waals surface area contributed by atoms with Gasteiger partial charge in [-0.05, 0) is 13.8 Å². The lowest BCUT2D eigenvalue weighted by molar-refractivity contribution is -0.173. The molecule has 0 aromatic carbocycles. The molecular formula is C13H19N3O6S. The Morgan fingerprint density at radius 1 is 1.43 bits per heavy atom. The summed E-state index contributed by atoms with van der Waals surface area (Å²) in [6.45, 7) is 3.03. The number of aliphatic hydroxyl groups is 1. The first-order valence-electron chi connectivity index (χ1n) is 6.93. The van der Waals surface area contributed by atoms with Crippen molar-refractivity contribution in [1.82, 2.24) is 9.80 Å². The Morgan fingerprint density at radius 2 is 2.00 bits per heavy atom. The van der Waals surface area contributed by atoms with Gasteiger partial charge in [0, 0.05) is 11.8 Å². The number of hydrogen-bond donors (Lipinski definition) is 3. The van der Waals surface area contributed by atoms with Crippen LogP contribution in [0.15, 0.2) is 0 Å². The van der Waals surface area contributed by atoms with E-state index in [-0.39, 0.29) is 6.54 Å². The van der Waals surface area contributed by atoms with Crippen molar-refractivity contribution in [3.63, 3.8) is 0 Å². The van der Waals surface area contributed by atoms with E-state index < -0.39 is 51.9 Å². The molecule has 23 heavy (non-hydrogen) atoms. The van der Waals surface area contributed by atoms with Crippen LogP contribution in [0.5, 0.6) is 0 Å². The van der Waals surface area contributed by atoms with Crippen LogP contribution in [0.3, 0.4) is 0 Å². The zero-order chi connectivity index (χ0) is 17.7. The minimum absolute atomic E-state index is 0.373. The SMILES string of the molecule is CN(CC(N)=O)C(=O)[C@@H](O)[C@@H]1C(=O)N2[C@@H]1SC(C)(C)[C@@H]2C(=O)O. The van der Waals surface area contributed by atoms with Crippen molar-refractivity contribution in [2.75, 3.05) is 13.6 Å². The number of hydrogen-bond acceptors (Lipinski definition) is 6. The van der Waals surface area contributed by atoms with Gasteiger partial charge in [0.2, 0.25) is 11.8 Å². The molecule has 4 atom stereocenters. The Morgan fingerprint density at radius 3 is 2.48 bits per heavy atom. The molecule has 0 unspecified atom stereocenters. The van der Waals surface area contributed by atoms with Gasteiger partial charge >= 0.3 is 5.97 Å². The Labute approximate surface area is 136 Å². The van der Waals surface area contributed by atoms with Crippen LogP contribution in [0.25, 0.3) is 0 Å². The molecule has 2 saturated heterocycles. The predicted octanol–water partition coefficient (Wildman–Crippen LogP) is -1.95. The van der Waals surface area contributed by atoms with E-state index in [0.717, 1.165) is 4.90 Å². The molecule has 3 amide bonds. The summed E-state index contributed by atoms with van der Waals surface area (Å²) < 4.78 is -0.733. The number of carboxylic acids is 1. The number of nitrogens with two attached hydrogens (primary N) is 1. The molecule has 0 saturated carbocycles. The molecule has 2 rings (SSSR count). The number of carboxylic acid groups (broad SMARTS) is 1. The molecule has 0 aromatic heterocycles. The van der Waals surface area contributed by atoms with E-state index in [1.54, 1.807) is 13.8 Å². The van der Waals surface area contributed by atoms with Crippen molar-refractivity contribution in [2.45, 2.75) is 36.1 Å². The maximum Gasteiger partial charge on any atom is 0.327 e. The van der Waals surface area contributed by atoms with Gasteiger partial charge in [-0.25, -0.2) is 4.79 Å². The molecule has 0 aliphatic carbocycles. The number of aliphatic carboxylic acids is 1. The maximum absolute atomic E-state index is 12.3. The van der Waals surface area contributed by atoms with E-state index in [9.17, 15) is 29.4 Å². The molecule has 9 nitrogen and oxygen atoms in total. The van der Waals surface area contributed by atoms with E-state index in [1.807, 2.05) is 0 Å².